The number of aromatic amines is 1. The number of hydrogen-bond donors (Lipinski definition) is 1. The number of carbonyl (C=O) groups excluding carboxylic acids is 1. The molecule has 1 fully saturated rings. The summed E-state index contributed by atoms with van der Waals surface area (Å²) in [6.45, 7) is 2.50. The number of nitrogens with one attached hydrogen (secondary N) is 1. The molecule has 132 valence electrons. The molecule has 0 radical (unpaired) electrons. The minimum Gasteiger partial charge on any atom is -0.379 e. The Morgan fingerprint density at radius 2 is 2.28 bits per heavy atom. The summed E-state index contributed by atoms with van der Waals surface area (Å²) in [6, 6.07) is 1.92. The lowest BCUT2D eigenvalue weighted by Crippen LogP contribution is -2.37. The van der Waals surface area contributed by atoms with E-state index >= 15 is 0 Å². The van der Waals surface area contributed by atoms with Crippen molar-refractivity contribution in [3.63, 3.8) is 0 Å². The first kappa shape index (κ1) is 16.2. The van der Waals surface area contributed by atoms with E-state index in [1.54, 1.807) is 12.5 Å². The number of aryl methyl sites for hydroxylation is 1. The highest BCUT2D eigenvalue weighted by Crippen LogP contribution is 2.24. The topological polar surface area (TPSA) is 84.0 Å². The van der Waals surface area contributed by atoms with Gasteiger partial charge in [0.1, 0.15) is 6.33 Å². The lowest BCUT2D eigenvalue weighted by molar-refractivity contribution is 0.0730. The standard InChI is InChI=1S/C18H23N5O2/c24-18(17-15-3-1-2-4-16(15)21-22-17)23-7-8-25-11-13(10-23)9-14-5-6-19-12-20-14/h5-6,12-13H,1-4,7-11H2,(H,21,22)/t13-/m1/s1. The number of carbonyl (C=O) groups is 1. The first-order valence-electron chi connectivity index (χ1n) is 8.99. The molecular formula is C18H23N5O2. The van der Waals surface area contributed by atoms with Gasteiger partial charge in [0.15, 0.2) is 5.69 Å². The van der Waals surface area contributed by atoms with Gasteiger partial charge >= 0.3 is 0 Å². The zero-order chi connectivity index (χ0) is 17.1. The molecule has 1 amide bonds. The van der Waals surface area contributed by atoms with Crippen molar-refractivity contribution in [2.45, 2.75) is 32.1 Å². The monoisotopic (exact) mass is 341 g/mol. The molecule has 2 aliphatic rings. The molecule has 0 spiro atoms. The van der Waals surface area contributed by atoms with E-state index < -0.39 is 0 Å². The van der Waals surface area contributed by atoms with Crippen LogP contribution in [0.15, 0.2) is 18.6 Å². The van der Waals surface area contributed by atoms with E-state index in [4.69, 9.17) is 4.74 Å². The highest BCUT2D eigenvalue weighted by molar-refractivity contribution is 5.94. The predicted molar refractivity (Wildman–Crippen MR) is 91.2 cm³/mol. The molecule has 7 heteroatoms. The summed E-state index contributed by atoms with van der Waals surface area (Å²) in [5.41, 5.74) is 3.85. The second kappa shape index (κ2) is 7.31. The molecule has 0 unspecified atom stereocenters. The molecule has 7 nitrogen and oxygen atoms in total. The minimum absolute atomic E-state index is 0.0255. The van der Waals surface area contributed by atoms with Crippen molar-refractivity contribution in [3.05, 3.63) is 41.2 Å². The van der Waals surface area contributed by atoms with Crippen LogP contribution in [0.1, 0.15) is 40.3 Å². The molecule has 1 aliphatic heterocycles. The Labute approximate surface area is 146 Å². The number of H-pyrrole nitrogens is 1. The van der Waals surface area contributed by atoms with Gasteiger partial charge in [-0.15, -0.1) is 0 Å². The Hall–Kier alpha value is -2.28. The molecule has 2 aromatic heterocycles. The van der Waals surface area contributed by atoms with E-state index in [0.29, 0.717) is 32.0 Å². The lowest BCUT2D eigenvalue weighted by atomic mass is 9.95. The third-order valence-electron chi connectivity index (χ3n) is 5.02. The van der Waals surface area contributed by atoms with Crippen molar-refractivity contribution in [3.8, 4) is 0 Å². The molecule has 25 heavy (non-hydrogen) atoms. The summed E-state index contributed by atoms with van der Waals surface area (Å²) in [7, 11) is 0. The molecule has 2 aromatic rings. The average molecular weight is 341 g/mol. The van der Waals surface area contributed by atoms with Gasteiger partial charge in [0.2, 0.25) is 0 Å². The van der Waals surface area contributed by atoms with E-state index in [-0.39, 0.29) is 11.8 Å². The number of nitrogens with zero attached hydrogens (tertiary/aromatic N) is 4. The van der Waals surface area contributed by atoms with Crippen molar-refractivity contribution in [1.29, 1.82) is 0 Å². The summed E-state index contributed by atoms with van der Waals surface area (Å²) in [5.74, 6) is 0.258. The first-order chi connectivity index (χ1) is 12.3. The number of rotatable bonds is 3. The molecule has 0 bridgehead atoms. The third kappa shape index (κ3) is 3.56. The van der Waals surface area contributed by atoms with Crippen molar-refractivity contribution in [2.75, 3.05) is 26.3 Å². The maximum absolute atomic E-state index is 13.0. The number of amides is 1. The number of aromatic nitrogens is 4. The molecule has 4 rings (SSSR count). The van der Waals surface area contributed by atoms with Crippen LogP contribution in [-0.2, 0) is 24.0 Å². The van der Waals surface area contributed by atoms with E-state index in [2.05, 4.69) is 20.2 Å². The SMILES string of the molecule is O=C(c1n[nH]c2c1CCCC2)N1CCOC[C@H](Cc2ccncn2)C1. The van der Waals surface area contributed by atoms with E-state index in [1.807, 2.05) is 11.0 Å². The summed E-state index contributed by atoms with van der Waals surface area (Å²) in [6.07, 6.45) is 8.33. The second-order valence-corrected chi connectivity index (χ2v) is 6.83. The lowest BCUT2D eigenvalue weighted by Gasteiger charge is -2.23. The van der Waals surface area contributed by atoms with Crippen LogP contribution in [0.2, 0.25) is 0 Å². The number of ether oxygens (including phenoxy) is 1. The Balaban J connectivity index is 1.49. The summed E-state index contributed by atoms with van der Waals surface area (Å²) in [4.78, 5) is 23.2. The van der Waals surface area contributed by atoms with Crippen LogP contribution in [0.25, 0.3) is 0 Å². The number of hydrogen-bond acceptors (Lipinski definition) is 5. The zero-order valence-electron chi connectivity index (χ0n) is 14.3. The molecular weight excluding hydrogens is 318 g/mol. The third-order valence-corrected chi connectivity index (χ3v) is 5.02. The predicted octanol–water partition coefficient (Wildman–Crippen LogP) is 1.41. The fourth-order valence-electron chi connectivity index (χ4n) is 3.73. The van der Waals surface area contributed by atoms with Gasteiger partial charge in [0.25, 0.3) is 5.91 Å². The van der Waals surface area contributed by atoms with E-state index in [1.165, 1.54) is 6.42 Å². The Kier molecular flexibility index (Phi) is 4.74. The second-order valence-electron chi connectivity index (χ2n) is 6.83. The van der Waals surface area contributed by atoms with Crippen LogP contribution >= 0.6 is 0 Å². The Morgan fingerprint density at radius 1 is 1.36 bits per heavy atom. The molecule has 3 heterocycles. The van der Waals surface area contributed by atoms with Crippen LogP contribution < -0.4 is 0 Å². The van der Waals surface area contributed by atoms with Crippen LogP contribution in [0.5, 0.6) is 0 Å². The molecule has 1 saturated heterocycles. The quantitative estimate of drug-likeness (QED) is 0.912. The van der Waals surface area contributed by atoms with Gasteiger partial charge in [-0.05, 0) is 38.2 Å². The van der Waals surface area contributed by atoms with Crippen molar-refractivity contribution in [2.24, 2.45) is 5.92 Å². The van der Waals surface area contributed by atoms with Crippen LogP contribution in [0.3, 0.4) is 0 Å². The number of fused-ring (bicyclic) bond motifs is 1. The van der Waals surface area contributed by atoms with E-state index in [9.17, 15) is 4.79 Å². The zero-order valence-corrected chi connectivity index (χ0v) is 14.3. The summed E-state index contributed by atoms with van der Waals surface area (Å²) < 4.78 is 5.72. The first-order valence-corrected chi connectivity index (χ1v) is 8.99. The Morgan fingerprint density at radius 3 is 3.16 bits per heavy atom. The maximum atomic E-state index is 13.0. The van der Waals surface area contributed by atoms with Crippen LogP contribution in [0.4, 0.5) is 0 Å². The molecule has 0 saturated carbocycles. The fourth-order valence-corrected chi connectivity index (χ4v) is 3.73. The van der Waals surface area contributed by atoms with E-state index in [0.717, 1.165) is 42.6 Å². The smallest absolute Gasteiger partial charge is 0.274 e. The van der Waals surface area contributed by atoms with Crippen molar-refractivity contribution >= 4 is 5.91 Å². The highest BCUT2D eigenvalue weighted by Gasteiger charge is 2.28. The summed E-state index contributed by atoms with van der Waals surface area (Å²) in [5, 5.41) is 7.40. The molecule has 1 aliphatic carbocycles. The highest BCUT2D eigenvalue weighted by atomic mass is 16.5. The van der Waals surface area contributed by atoms with Gasteiger partial charge in [-0.25, -0.2) is 9.97 Å². The van der Waals surface area contributed by atoms with Gasteiger partial charge in [-0.3, -0.25) is 9.89 Å². The molecule has 0 aromatic carbocycles. The normalized spacial score (nSPS) is 20.8. The molecule has 1 atom stereocenters. The fraction of sp³-hybridized carbons (Fsp3) is 0.556. The van der Waals surface area contributed by atoms with Gasteiger partial charge in [-0.1, -0.05) is 0 Å². The average Bonchev–Trinajstić information content (AvgIpc) is 2.94. The summed E-state index contributed by atoms with van der Waals surface area (Å²) >= 11 is 0. The maximum Gasteiger partial charge on any atom is 0.274 e. The van der Waals surface area contributed by atoms with Crippen LogP contribution in [-0.4, -0.2) is 57.3 Å². The largest absolute Gasteiger partial charge is 0.379 e. The van der Waals surface area contributed by atoms with Gasteiger partial charge in [-0.2, -0.15) is 5.10 Å². The van der Waals surface area contributed by atoms with Gasteiger partial charge in [0, 0.05) is 42.2 Å². The minimum atomic E-state index is 0.0255. The van der Waals surface area contributed by atoms with Gasteiger partial charge < -0.3 is 9.64 Å². The Bertz CT molecular complexity index is 730. The molecule has 1 N–H and O–H groups in total. The van der Waals surface area contributed by atoms with Crippen molar-refractivity contribution in [1.82, 2.24) is 25.1 Å². The van der Waals surface area contributed by atoms with Crippen LogP contribution in [0, 0.1) is 5.92 Å². The van der Waals surface area contributed by atoms with Gasteiger partial charge in [0.05, 0.1) is 13.2 Å². The van der Waals surface area contributed by atoms with Crippen molar-refractivity contribution < 1.29 is 9.53 Å².